The van der Waals surface area contributed by atoms with E-state index in [1.165, 1.54) is 12.8 Å². The first-order valence-electron chi connectivity index (χ1n) is 4.14. The third kappa shape index (κ3) is 1.67. The van der Waals surface area contributed by atoms with Crippen LogP contribution in [0.4, 0.5) is 0 Å². The molecule has 1 atom stereocenters. The van der Waals surface area contributed by atoms with Gasteiger partial charge < -0.3 is 5.73 Å². The van der Waals surface area contributed by atoms with Crippen molar-refractivity contribution < 1.29 is 0 Å². The van der Waals surface area contributed by atoms with E-state index >= 15 is 0 Å². The monoisotopic (exact) mass is 226 g/mol. The minimum atomic E-state index is 0.151. The van der Waals surface area contributed by atoms with Gasteiger partial charge in [-0.1, -0.05) is 0 Å². The summed E-state index contributed by atoms with van der Waals surface area (Å²) in [7, 11) is 0. The van der Waals surface area contributed by atoms with Crippen LogP contribution in [0.15, 0.2) is 22.8 Å². The molecule has 2 rings (SSSR count). The molecule has 0 amide bonds. The van der Waals surface area contributed by atoms with Crippen LogP contribution >= 0.6 is 15.9 Å². The van der Waals surface area contributed by atoms with Crippen molar-refractivity contribution in [2.75, 3.05) is 0 Å². The standard InChI is InChI=1S/C9H11BrN2/c10-7-3-4-8(12-5-7)9(11)6-1-2-6/h3-6,9H,1-2,11H2/t9-/m1/s1. The van der Waals surface area contributed by atoms with Gasteiger partial charge in [0.05, 0.1) is 5.69 Å². The van der Waals surface area contributed by atoms with Gasteiger partial charge in [0.25, 0.3) is 0 Å². The van der Waals surface area contributed by atoms with Gasteiger partial charge >= 0.3 is 0 Å². The van der Waals surface area contributed by atoms with Gasteiger partial charge in [0.15, 0.2) is 0 Å². The van der Waals surface area contributed by atoms with Crippen molar-refractivity contribution in [1.29, 1.82) is 0 Å². The number of nitrogens with two attached hydrogens (primary N) is 1. The molecule has 2 N–H and O–H groups in total. The molecule has 3 heteroatoms. The maximum atomic E-state index is 5.97. The molecule has 0 aliphatic heterocycles. The predicted molar refractivity (Wildman–Crippen MR) is 51.6 cm³/mol. The molecule has 1 aliphatic carbocycles. The van der Waals surface area contributed by atoms with Gasteiger partial charge in [-0.2, -0.15) is 0 Å². The first-order chi connectivity index (χ1) is 5.77. The summed E-state index contributed by atoms with van der Waals surface area (Å²) in [6.07, 6.45) is 4.33. The zero-order chi connectivity index (χ0) is 8.55. The van der Waals surface area contributed by atoms with E-state index in [0.717, 1.165) is 10.2 Å². The second kappa shape index (κ2) is 3.15. The lowest BCUT2D eigenvalue weighted by atomic mass is 10.1. The quantitative estimate of drug-likeness (QED) is 0.841. The average molecular weight is 227 g/mol. The highest BCUT2D eigenvalue weighted by Gasteiger charge is 2.30. The fraction of sp³-hybridized carbons (Fsp3) is 0.444. The molecule has 1 saturated carbocycles. The summed E-state index contributed by atoms with van der Waals surface area (Å²) in [6, 6.07) is 4.13. The fourth-order valence-electron chi connectivity index (χ4n) is 1.28. The van der Waals surface area contributed by atoms with Crippen molar-refractivity contribution in [3.8, 4) is 0 Å². The maximum Gasteiger partial charge on any atom is 0.0574 e. The molecule has 0 spiro atoms. The van der Waals surface area contributed by atoms with Crippen LogP contribution in [0.25, 0.3) is 0 Å². The lowest BCUT2D eigenvalue weighted by molar-refractivity contribution is 0.614. The number of halogens is 1. The number of pyridine rings is 1. The molecule has 12 heavy (non-hydrogen) atoms. The van der Waals surface area contributed by atoms with E-state index in [4.69, 9.17) is 5.73 Å². The van der Waals surface area contributed by atoms with Gasteiger partial charge in [0.1, 0.15) is 0 Å². The van der Waals surface area contributed by atoms with Crippen molar-refractivity contribution in [2.24, 2.45) is 11.7 Å². The zero-order valence-electron chi connectivity index (χ0n) is 6.70. The molecule has 1 aliphatic rings. The first-order valence-corrected chi connectivity index (χ1v) is 4.93. The van der Waals surface area contributed by atoms with E-state index in [1.807, 2.05) is 12.1 Å². The van der Waals surface area contributed by atoms with Crippen molar-refractivity contribution >= 4 is 15.9 Å². The molecule has 0 aromatic carbocycles. The maximum absolute atomic E-state index is 5.97. The Morgan fingerprint density at radius 2 is 2.25 bits per heavy atom. The number of hydrogen-bond donors (Lipinski definition) is 1. The van der Waals surface area contributed by atoms with Gasteiger partial charge in [-0.15, -0.1) is 0 Å². The van der Waals surface area contributed by atoms with Gasteiger partial charge in [-0.05, 0) is 46.8 Å². The van der Waals surface area contributed by atoms with Crippen molar-refractivity contribution in [1.82, 2.24) is 4.98 Å². The third-order valence-corrected chi connectivity index (χ3v) is 2.69. The lowest BCUT2D eigenvalue weighted by Crippen LogP contribution is -2.13. The Morgan fingerprint density at radius 3 is 2.75 bits per heavy atom. The normalized spacial score (nSPS) is 19.2. The van der Waals surface area contributed by atoms with Crippen LogP contribution in [0.1, 0.15) is 24.6 Å². The van der Waals surface area contributed by atoms with Crippen LogP contribution in [-0.2, 0) is 0 Å². The van der Waals surface area contributed by atoms with Crippen LogP contribution in [0.2, 0.25) is 0 Å². The summed E-state index contributed by atoms with van der Waals surface area (Å²) in [4.78, 5) is 4.27. The summed E-state index contributed by atoms with van der Waals surface area (Å²) in [5.74, 6) is 0.679. The molecule has 1 aromatic rings. The Kier molecular flexibility index (Phi) is 2.15. The Balaban J connectivity index is 2.16. The number of rotatable bonds is 2. The lowest BCUT2D eigenvalue weighted by Gasteiger charge is -2.08. The van der Waals surface area contributed by atoms with Crippen molar-refractivity contribution in [3.05, 3.63) is 28.5 Å². The highest BCUT2D eigenvalue weighted by atomic mass is 79.9. The molecule has 1 aromatic heterocycles. The molecule has 64 valence electrons. The summed E-state index contributed by atoms with van der Waals surface area (Å²) in [6.45, 7) is 0. The minimum Gasteiger partial charge on any atom is -0.322 e. The van der Waals surface area contributed by atoms with Crippen LogP contribution in [0.5, 0.6) is 0 Å². The zero-order valence-corrected chi connectivity index (χ0v) is 8.29. The highest BCUT2D eigenvalue weighted by Crippen LogP contribution is 2.38. The molecule has 0 unspecified atom stereocenters. The number of nitrogens with zero attached hydrogens (tertiary/aromatic N) is 1. The van der Waals surface area contributed by atoms with E-state index in [-0.39, 0.29) is 6.04 Å². The van der Waals surface area contributed by atoms with Crippen molar-refractivity contribution in [2.45, 2.75) is 18.9 Å². The van der Waals surface area contributed by atoms with Gasteiger partial charge in [0.2, 0.25) is 0 Å². The van der Waals surface area contributed by atoms with Crippen LogP contribution in [0, 0.1) is 5.92 Å². The first kappa shape index (κ1) is 8.20. The molecule has 1 fully saturated rings. The summed E-state index contributed by atoms with van der Waals surface area (Å²) in [5, 5.41) is 0. The topological polar surface area (TPSA) is 38.9 Å². The largest absolute Gasteiger partial charge is 0.322 e. The van der Waals surface area contributed by atoms with E-state index in [0.29, 0.717) is 5.92 Å². The predicted octanol–water partition coefficient (Wildman–Crippen LogP) is 2.25. The van der Waals surface area contributed by atoms with Gasteiger partial charge in [0, 0.05) is 16.7 Å². The Bertz CT molecular complexity index is 266. The number of aromatic nitrogens is 1. The molecule has 0 bridgehead atoms. The van der Waals surface area contributed by atoms with E-state index in [1.54, 1.807) is 6.20 Å². The van der Waals surface area contributed by atoms with Crippen molar-refractivity contribution in [3.63, 3.8) is 0 Å². The molecular formula is C9H11BrN2. The molecule has 0 radical (unpaired) electrons. The third-order valence-electron chi connectivity index (χ3n) is 2.22. The van der Waals surface area contributed by atoms with Gasteiger partial charge in [-0.3, -0.25) is 4.98 Å². The van der Waals surface area contributed by atoms with Gasteiger partial charge in [-0.25, -0.2) is 0 Å². The SMILES string of the molecule is N[C@@H](c1ccc(Br)cn1)C1CC1. The van der Waals surface area contributed by atoms with Crippen LogP contribution in [0.3, 0.4) is 0 Å². The smallest absolute Gasteiger partial charge is 0.0574 e. The molecule has 1 heterocycles. The molecule has 0 saturated heterocycles. The Morgan fingerprint density at radius 1 is 1.50 bits per heavy atom. The molecule has 2 nitrogen and oxygen atoms in total. The highest BCUT2D eigenvalue weighted by molar-refractivity contribution is 9.10. The van der Waals surface area contributed by atoms with E-state index in [2.05, 4.69) is 20.9 Å². The summed E-state index contributed by atoms with van der Waals surface area (Å²) in [5.41, 5.74) is 6.99. The van der Waals surface area contributed by atoms with E-state index in [9.17, 15) is 0 Å². The van der Waals surface area contributed by atoms with E-state index < -0.39 is 0 Å². The second-order valence-corrected chi connectivity index (χ2v) is 4.18. The van der Waals surface area contributed by atoms with Crippen LogP contribution in [-0.4, -0.2) is 4.98 Å². The minimum absolute atomic E-state index is 0.151. The summed E-state index contributed by atoms with van der Waals surface area (Å²) >= 11 is 3.34. The Labute approximate surface area is 80.3 Å². The molecular weight excluding hydrogens is 216 g/mol. The van der Waals surface area contributed by atoms with Crippen LogP contribution < -0.4 is 5.73 Å². The second-order valence-electron chi connectivity index (χ2n) is 3.26. The summed E-state index contributed by atoms with van der Waals surface area (Å²) < 4.78 is 1.01. The Hall–Kier alpha value is -0.410. The average Bonchev–Trinajstić information content (AvgIpc) is 2.87. The number of hydrogen-bond acceptors (Lipinski definition) is 2. The fourth-order valence-corrected chi connectivity index (χ4v) is 1.52.